The van der Waals surface area contributed by atoms with Gasteiger partial charge in [0.25, 0.3) is 0 Å². The van der Waals surface area contributed by atoms with E-state index in [1.165, 1.54) is 6.26 Å². The minimum Gasteiger partial charge on any atom is 0 e. The van der Waals surface area contributed by atoms with E-state index in [0.717, 1.165) is 12.8 Å². The Morgan fingerprint density at radius 2 is 1.24 bits per heavy atom. The van der Waals surface area contributed by atoms with Gasteiger partial charge in [-0.05, 0) is 13.0 Å². The number of nitrogens with zero attached hydrogens (tertiary/aromatic N) is 1. The molecule has 0 rings (SSSR count). The summed E-state index contributed by atoms with van der Waals surface area (Å²) in [6, 6.07) is 0. The van der Waals surface area contributed by atoms with Gasteiger partial charge in [-0.15, -0.1) is 0 Å². The molecule has 0 bridgehead atoms. The summed E-state index contributed by atoms with van der Waals surface area (Å²) in [5.74, 6) is 0. The average Bonchev–Trinajstić information content (AvgIpc) is 2.57. The van der Waals surface area contributed by atoms with Crippen LogP contribution in [0.3, 0.4) is 0 Å². The maximum Gasteiger partial charge on any atom is 0 e. The van der Waals surface area contributed by atoms with Crippen molar-refractivity contribution in [3.05, 3.63) is 51.0 Å². The molecule has 0 unspecified atom stereocenters. The number of hydrogen-bond acceptors (Lipinski definition) is 1. The predicted molar refractivity (Wildman–Crippen MR) is 63.7 cm³/mol. The van der Waals surface area contributed by atoms with Crippen LogP contribution in [0.15, 0.2) is 12.3 Å². The van der Waals surface area contributed by atoms with Gasteiger partial charge in [-0.3, -0.25) is 0 Å². The molecule has 0 heterocycles. The molecule has 0 atom stereocenters. The zero-order chi connectivity index (χ0) is 17.8. The molecule has 0 saturated heterocycles. The first kappa shape index (κ1) is 42.7. The van der Waals surface area contributed by atoms with Crippen molar-refractivity contribution < 1.29 is 45.4 Å². The van der Waals surface area contributed by atoms with Gasteiger partial charge in [0.2, 0.25) is 0 Å². The zero-order valence-electron chi connectivity index (χ0n) is 11.6. The van der Waals surface area contributed by atoms with Crippen molar-refractivity contribution in [3.8, 4) is 0 Å². The second-order valence-electron chi connectivity index (χ2n) is 2.00. The van der Waals surface area contributed by atoms with Crippen LogP contribution in [0.4, 0.5) is 0 Å². The van der Waals surface area contributed by atoms with E-state index in [2.05, 4.69) is 33.3 Å². The van der Waals surface area contributed by atoms with Gasteiger partial charge in [-0.2, -0.15) is 5.71 Å². The van der Waals surface area contributed by atoms with E-state index >= 15 is 0 Å². The number of rotatable bonds is 5. The molecule has 0 N–H and O–H groups in total. The number of ether oxygens (including phenoxy) is 1. The van der Waals surface area contributed by atoms with Crippen molar-refractivity contribution in [2.75, 3.05) is 6.61 Å². The standard InChI is InChI=1S/C8H14NO.5CO.Cr/c1-3-5-8(9)6-7-10-4-2;5*1-2;/h6-7H,3-5H2,1-2H3;;;;;;/q-1;;;;;;/b7-6+;;;;;;. The van der Waals surface area contributed by atoms with Crippen LogP contribution in [0, 0.1) is 33.3 Å². The minimum atomic E-state index is 0. The quantitative estimate of drug-likeness (QED) is 0.325. The minimum absolute atomic E-state index is 0. The molecular weight excluding hydrogens is 318 g/mol. The molecule has 0 aliphatic rings. The van der Waals surface area contributed by atoms with Crippen LogP contribution in [0.2, 0.25) is 0 Å². The van der Waals surface area contributed by atoms with E-state index in [1.54, 1.807) is 6.08 Å². The van der Waals surface area contributed by atoms with Crippen molar-refractivity contribution >= 4 is 5.71 Å². The molecule has 0 aliphatic carbocycles. The summed E-state index contributed by atoms with van der Waals surface area (Å²) in [6.07, 6.45) is 4.80. The van der Waals surface area contributed by atoms with Gasteiger partial charge >= 0.3 is 56.5 Å². The molecule has 7 nitrogen and oxygen atoms in total. The van der Waals surface area contributed by atoms with Crippen molar-refractivity contribution in [2.24, 2.45) is 0 Å². The largest absolute Gasteiger partial charge is 0 e. The zero-order valence-corrected chi connectivity index (χ0v) is 12.9. The van der Waals surface area contributed by atoms with Crippen LogP contribution in [0.5, 0.6) is 0 Å². The number of hydrogen-bond donors (Lipinski definition) is 0. The smallest absolute Gasteiger partial charge is 0 e. The molecular formula is C13H14CrNO6-. The average molecular weight is 332 g/mol. The van der Waals surface area contributed by atoms with Gasteiger partial charge in [0.05, 0.1) is 12.9 Å². The maximum absolute atomic E-state index is 9.03. The second-order valence-corrected chi connectivity index (χ2v) is 2.00. The third-order valence-corrected chi connectivity index (χ3v) is 1.03. The van der Waals surface area contributed by atoms with Crippen molar-refractivity contribution in [3.63, 3.8) is 0 Å². The molecule has 0 fully saturated rings. The summed E-state index contributed by atoms with van der Waals surface area (Å²) in [5.41, 5.74) is 0.385. The van der Waals surface area contributed by atoms with Gasteiger partial charge in [0, 0.05) is 17.4 Å². The van der Waals surface area contributed by atoms with E-state index in [0.29, 0.717) is 12.3 Å². The fraction of sp³-hybridized carbons (Fsp3) is 0.385. The fourth-order valence-corrected chi connectivity index (χ4v) is 0.562. The third kappa shape index (κ3) is 120. The van der Waals surface area contributed by atoms with E-state index in [9.17, 15) is 0 Å². The monoisotopic (exact) mass is 332 g/mol. The molecule has 21 heavy (non-hydrogen) atoms. The Balaban J connectivity index is -0.0000000303. The van der Waals surface area contributed by atoms with Crippen LogP contribution in [-0.2, 0) is 45.4 Å². The third-order valence-electron chi connectivity index (χ3n) is 1.03. The SMILES string of the molecule is CCCC(=[N-])/C=C/OCC.[C-]#[O+].[C-]#[O+].[C-]#[O+].[C-]#[O+].[C-]#[O+].[Cr]. The van der Waals surface area contributed by atoms with Crippen LogP contribution < -0.4 is 0 Å². The first-order chi connectivity index (χ1) is 9.81. The first-order valence-corrected chi connectivity index (χ1v) is 4.66. The van der Waals surface area contributed by atoms with Crippen LogP contribution in [0.25, 0.3) is 5.41 Å². The van der Waals surface area contributed by atoms with Crippen molar-refractivity contribution in [1.29, 1.82) is 0 Å². The first-order valence-electron chi connectivity index (χ1n) is 4.66. The van der Waals surface area contributed by atoms with Gasteiger partial charge < -0.3 is 10.1 Å². The Kier molecular flexibility index (Phi) is 206. The molecule has 0 aromatic heterocycles. The molecule has 0 radical (unpaired) electrons. The Morgan fingerprint density at radius 3 is 1.48 bits per heavy atom. The molecule has 114 valence electrons. The van der Waals surface area contributed by atoms with Crippen molar-refractivity contribution in [1.82, 2.24) is 0 Å². The predicted octanol–water partition coefficient (Wildman–Crippen LogP) is 2.16. The normalized spacial score (nSPS) is 5.33. The van der Waals surface area contributed by atoms with E-state index in [4.69, 9.17) is 33.4 Å². The molecule has 0 spiro atoms. The summed E-state index contributed by atoms with van der Waals surface area (Å²) in [4.78, 5) is 0. The molecule has 0 amide bonds. The topological polar surface area (TPSA) is 131 Å². The van der Waals surface area contributed by atoms with Gasteiger partial charge in [-0.25, -0.2) is 0 Å². The summed E-state index contributed by atoms with van der Waals surface area (Å²) >= 11 is 0. The summed E-state index contributed by atoms with van der Waals surface area (Å²) in [7, 11) is 0. The van der Waals surface area contributed by atoms with Crippen LogP contribution in [0.1, 0.15) is 26.7 Å². The summed E-state index contributed by atoms with van der Waals surface area (Å²) < 4.78 is 42.4. The summed E-state index contributed by atoms with van der Waals surface area (Å²) in [6.45, 7) is 27.1. The Hall–Kier alpha value is -1.56. The molecule has 0 aliphatic heterocycles. The van der Waals surface area contributed by atoms with Crippen LogP contribution in [-0.4, -0.2) is 12.3 Å². The number of allylic oxidation sites excluding steroid dienone is 1. The molecule has 0 aromatic rings. The maximum atomic E-state index is 9.03. The van der Waals surface area contributed by atoms with E-state index in [1.807, 2.05) is 13.8 Å². The Bertz CT molecular complexity index is 256. The Labute approximate surface area is 136 Å². The van der Waals surface area contributed by atoms with Crippen molar-refractivity contribution in [2.45, 2.75) is 26.7 Å². The summed E-state index contributed by atoms with van der Waals surface area (Å²) in [5, 5.41) is 9.03. The molecule has 0 saturated carbocycles. The van der Waals surface area contributed by atoms with Crippen LogP contribution >= 0.6 is 0 Å². The Morgan fingerprint density at radius 1 is 0.905 bits per heavy atom. The van der Waals surface area contributed by atoms with Gasteiger partial charge in [-0.1, -0.05) is 19.8 Å². The van der Waals surface area contributed by atoms with Gasteiger partial charge in [0.15, 0.2) is 0 Å². The molecule has 0 aromatic carbocycles. The second kappa shape index (κ2) is 101. The van der Waals surface area contributed by atoms with E-state index in [-0.39, 0.29) is 17.4 Å². The molecule has 8 heteroatoms. The van der Waals surface area contributed by atoms with Gasteiger partial charge in [0.1, 0.15) is 0 Å². The van der Waals surface area contributed by atoms with E-state index < -0.39 is 0 Å². The fourth-order valence-electron chi connectivity index (χ4n) is 0.562.